The minimum atomic E-state index is 0. The van der Waals surface area contributed by atoms with E-state index in [-0.39, 0.29) is 72.6 Å². The van der Waals surface area contributed by atoms with E-state index in [9.17, 15) is 0 Å². The van der Waals surface area contributed by atoms with Gasteiger partial charge >= 0.3 is 59.1 Å². The van der Waals surface area contributed by atoms with Crippen LogP contribution in [0.3, 0.4) is 0 Å². The molecule has 0 unspecified atom stereocenters. The second kappa shape index (κ2) is 18.8. The summed E-state index contributed by atoms with van der Waals surface area (Å²) in [5, 5.41) is 0. The van der Waals surface area contributed by atoms with Gasteiger partial charge < -0.3 is 0 Å². The molecule has 0 nitrogen and oxygen atoms in total. The van der Waals surface area contributed by atoms with Gasteiger partial charge in [0.1, 0.15) is 0 Å². The molecule has 0 spiro atoms. The molecule has 4 heavy (non-hydrogen) atoms. The van der Waals surface area contributed by atoms with Crippen molar-refractivity contribution in [2.75, 3.05) is 0 Å². The Bertz CT molecular complexity index is 8.00. The zero-order chi connectivity index (χ0) is 0. The summed E-state index contributed by atoms with van der Waals surface area (Å²) in [5.41, 5.74) is 0. The first-order valence-electron chi connectivity index (χ1n) is 0. The van der Waals surface area contributed by atoms with Gasteiger partial charge in [0, 0.05) is 0 Å². The van der Waals surface area contributed by atoms with E-state index in [4.69, 9.17) is 0 Å². The van der Waals surface area contributed by atoms with Gasteiger partial charge in [-0.3, -0.25) is 0 Å². The third kappa shape index (κ3) is 8.87. The van der Waals surface area contributed by atoms with Crippen LogP contribution in [-0.2, 0) is 0 Å². The topological polar surface area (TPSA) is 0 Å². The molecule has 0 aliphatic rings. The predicted molar refractivity (Wildman–Crippen MR) is 40.2 cm³/mol. The molecule has 0 N–H and O–H groups in total. The van der Waals surface area contributed by atoms with E-state index in [1.807, 2.05) is 0 Å². The van der Waals surface area contributed by atoms with Gasteiger partial charge in [-0.1, -0.05) is 0 Å². The van der Waals surface area contributed by atoms with Gasteiger partial charge in [0.2, 0.25) is 0 Å². The Hall–Kier alpha value is 2.23. The Morgan fingerprint density at radius 2 is 1.00 bits per heavy atom. The summed E-state index contributed by atoms with van der Waals surface area (Å²) in [7, 11) is 0. The summed E-state index contributed by atoms with van der Waals surface area (Å²) in [6.45, 7) is 0. The van der Waals surface area contributed by atoms with E-state index in [1.54, 1.807) is 0 Å². The molecule has 0 rings (SSSR count). The summed E-state index contributed by atoms with van der Waals surface area (Å²) < 4.78 is 0. The number of rotatable bonds is 0. The third-order valence-corrected chi connectivity index (χ3v) is 0. The van der Waals surface area contributed by atoms with Gasteiger partial charge in [-0.25, -0.2) is 0 Å². The fourth-order valence-corrected chi connectivity index (χ4v) is 0. The van der Waals surface area contributed by atoms with Crippen molar-refractivity contribution in [2.45, 2.75) is 0 Å². The first kappa shape index (κ1) is 34.3. The second-order valence-electron chi connectivity index (χ2n) is 0. The molecule has 0 bridgehead atoms. The third-order valence-electron chi connectivity index (χ3n) is 0. The van der Waals surface area contributed by atoms with Crippen LogP contribution in [0.25, 0.3) is 0 Å². The summed E-state index contributed by atoms with van der Waals surface area (Å²) in [4.78, 5) is 0. The molecule has 0 aliphatic carbocycles. The fourth-order valence-electron chi connectivity index (χ4n) is 0. The Morgan fingerprint density at radius 3 is 1.00 bits per heavy atom. The average molecular weight is 316 g/mol. The van der Waals surface area contributed by atoms with Crippen LogP contribution in [-0.4, -0.2) is 59.1 Å². The number of hydrogen-bond donors (Lipinski definition) is 0. The van der Waals surface area contributed by atoms with Crippen LogP contribution >= 0.6 is 13.5 Å². The monoisotopic (exact) mass is 318 g/mol. The van der Waals surface area contributed by atoms with E-state index >= 15 is 0 Å². The van der Waals surface area contributed by atoms with Crippen LogP contribution in [0.4, 0.5) is 0 Å². The molecule has 0 aromatic rings. The molecule has 0 saturated heterocycles. The van der Waals surface area contributed by atoms with Crippen molar-refractivity contribution < 1.29 is 0 Å². The van der Waals surface area contributed by atoms with E-state index in [1.165, 1.54) is 0 Å². The standard InChI is InChI=1S/GeH4.H2S.Sb.H2Se.3H/h1H4;1H2;;1H2;;;. The summed E-state index contributed by atoms with van der Waals surface area (Å²) >= 11 is 0. The maximum absolute atomic E-state index is 0. The first-order chi connectivity index (χ1) is 0. The van der Waals surface area contributed by atoms with Gasteiger partial charge in [-0.15, -0.1) is 0 Å². The van der Waals surface area contributed by atoms with Crippen molar-refractivity contribution in [3.05, 3.63) is 0 Å². The molecule has 0 saturated carbocycles. The molecule has 0 aromatic carbocycles. The fraction of sp³-hybridized carbons (Fsp3) is 0. The normalized spacial score (nSPS) is 0. The van der Waals surface area contributed by atoms with Crippen molar-refractivity contribution in [3.8, 4) is 0 Å². The van der Waals surface area contributed by atoms with Gasteiger partial charge in [-0.2, -0.15) is 13.5 Å². The van der Waals surface area contributed by atoms with Crippen LogP contribution in [0.5, 0.6) is 0 Å². The van der Waals surface area contributed by atoms with Crippen molar-refractivity contribution in [2.24, 2.45) is 0 Å². The molecule has 0 fully saturated rings. The number of hydrogen-bond acceptors (Lipinski definition) is 0. The van der Waals surface area contributed by atoms with Gasteiger partial charge in [0.25, 0.3) is 0 Å². The Labute approximate surface area is 71.8 Å². The van der Waals surface area contributed by atoms with E-state index in [0.717, 1.165) is 0 Å². The van der Waals surface area contributed by atoms with E-state index in [0.29, 0.717) is 0 Å². The van der Waals surface area contributed by atoms with Crippen molar-refractivity contribution in [3.63, 3.8) is 0 Å². The first-order valence-corrected chi connectivity index (χ1v) is 0. The Kier molecular flexibility index (Phi) is 161. The molecule has 0 amide bonds. The molecule has 0 atom stereocenters. The Morgan fingerprint density at radius 1 is 1.00 bits per heavy atom. The molecule has 0 aliphatic heterocycles. The van der Waals surface area contributed by atoms with Crippen LogP contribution in [0.1, 0.15) is 0 Å². The van der Waals surface area contributed by atoms with Crippen LogP contribution in [0, 0.1) is 0 Å². The summed E-state index contributed by atoms with van der Waals surface area (Å²) in [6, 6.07) is 0. The van der Waals surface area contributed by atoms with Crippen molar-refractivity contribution in [1.29, 1.82) is 0 Å². The van der Waals surface area contributed by atoms with E-state index < -0.39 is 0 Å². The predicted octanol–water partition coefficient (Wildman–Crippen LogP) is -3.44. The van der Waals surface area contributed by atoms with E-state index in [2.05, 4.69) is 0 Å². The Balaban J connectivity index is 0. The quantitative estimate of drug-likeness (QED) is 0.408. The molecule has 0 heterocycles. The molecular formula is H11GeSSbSe. The van der Waals surface area contributed by atoms with Crippen molar-refractivity contribution in [1.82, 2.24) is 0 Å². The molecule has 0 radical (unpaired) electrons. The van der Waals surface area contributed by atoms with Gasteiger partial charge in [-0.05, 0) is 0 Å². The van der Waals surface area contributed by atoms with Gasteiger partial charge in [0.15, 0.2) is 0 Å². The average Bonchev–Trinajstić information content (AvgIpc) is 0. The zero-order valence-corrected chi connectivity index (χ0v) is 8.84. The van der Waals surface area contributed by atoms with Crippen LogP contribution in [0.15, 0.2) is 0 Å². The SMILES string of the molecule is S.[GeH4].[SbH3].[SeH2]. The molecule has 4 heteroatoms. The second-order valence-corrected chi connectivity index (χ2v) is 0. The van der Waals surface area contributed by atoms with Crippen molar-refractivity contribution >= 4 is 72.6 Å². The molecular weight excluding hydrogens is 305 g/mol. The van der Waals surface area contributed by atoms with Crippen LogP contribution < -0.4 is 0 Å². The van der Waals surface area contributed by atoms with Gasteiger partial charge in [0.05, 0.1) is 0 Å². The maximum atomic E-state index is 0. The molecule has 0 aromatic heterocycles. The minimum absolute atomic E-state index is 0. The molecule has 32 valence electrons. The summed E-state index contributed by atoms with van der Waals surface area (Å²) in [6.07, 6.45) is 0. The van der Waals surface area contributed by atoms with Crippen LogP contribution in [0.2, 0.25) is 0 Å². The summed E-state index contributed by atoms with van der Waals surface area (Å²) in [5.74, 6) is 0. The zero-order valence-electron chi connectivity index (χ0n) is 1.71.